The van der Waals surface area contributed by atoms with E-state index in [0.717, 1.165) is 0 Å². The number of rotatable bonds is 0. The summed E-state index contributed by atoms with van der Waals surface area (Å²) >= 11 is 9.72. The van der Waals surface area contributed by atoms with Crippen LogP contribution in [0.5, 0.6) is 0 Å². The fourth-order valence-electron chi connectivity index (χ4n) is 0. The van der Waals surface area contributed by atoms with Gasteiger partial charge in [-0.2, -0.15) is 0 Å². The maximum absolute atomic E-state index is 6.39. The Kier molecular flexibility index (Phi) is 25.1. The van der Waals surface area contributed by atoms with E-state index in [2.05, 4.69) is 64.1 Å². The van der Waals surface area contributed by atoms with Crippen LogP contribution < -0.4 is 0 Å². The van der Waals surface area contributed by atoms with Crippen LogP contribution >= 0.6 is 0 Å². The molecule has 0 heterocycles. The molecule has 0 unspecified atom stereocenters. The molecule has 0 aliphatic carbocycles. The molecule has 0 aliphatic rings. The Balaban J connectivity index is -0.0000000720. The summed E-state index contributed by atoms with van der Waals surface area (Å²) < 4.78 is 0.833. The number of hydrogen-bond donors (Lipinski definition) is 2. The molecule has 0 aromatic rings. The van der Waals surface area contributed by atoms with Gasteiger partial charge in [0, 0.05) is 27.3 Å². The van der Waals surface area contributed by atoms with Crippen LogP contribution in [-0.4, -0.2) is 71.1 Å². The minimum absolute atomic E-state index is 0. The van der Waals surface area contributed by atoms with Crippen LogP contribution in [0, 0.1) is 10.8 Å². The predicted octanol–water partition coefficient (Wildman–Crippen LogP) is -1.49. The molecule has 0 aromatic carbocycles. The third-order valence-corrected chi connectivity index (χ3v) is 0. The van der Waals surface area contributed by atoms with Crippen LogP contribution in [0.4, 0.5) is 0 Å². The van der Waals surface area contributed by atoms with Crippen LogP contribution in [0.15, 0.2) is 0 Å². The molecule has 0 bridgehead atoms. The molecule has 0 saturated heterocycles. The smallest absolute Gasteiger partial charge is 0 e. The second kappa shape index (κ2) is 13.0. The standard InChI is InChI=1S/2CHNSe2.Cd/c2*2-1(3)4;/h2*2H;. The normalized spacial score (nSPS) is 5.33. The summed E-state index contributed by atoms with van der Waals surface area (Å²) in [4.78, 5) is 0. The molecular weight excluding hydrogens is 480 g/mol. The first-order chi connectivity index (χ1) is 3.46. The molecule has 2 N–H and O–H groups in total. The van der Waals surface area contributed by atoms with E-state index in [1.165, 1.54) is 0 Å². The van der Waals surface area contributed by atoms with Crippen molar-refractivity contribution in [2.24, 2.45) is 0 Å². The Morgan fingerprint density at radius 1 is 0.778 bits per heavy atom. The Morgan fingerprint density at radius 2 is 0.778 bits per heavy atom. The molecule has 0 saturated carbocycles. The maximum atomic E-state index is 6.39. The monoisotopic (exact) mass is 488 g/mol. The average molecular weight is 482 g/mol. The SMILES string of the molecule is N=C([Se])[Se].N=C([Se])[Se].[Cd]. The molecule has 4 radical (unpaired) electrons. The van der Waals surface area contributed by atoms with E-state index < -0.39 is 0 Å². The predicted molar refractivity (Wildman–Crippen MR) is 38.5 cm³/mol. The summed E-state index contributed by atoms with van der Waals surface area (Å²) in [5.41, 5.74) is 0. The van der Waals surface area contributed by atoms with Crippen LogP contribution in [-0.2, 0) is 27.3 Å². The Bertz CT molecular complexity index is 74.6. The van der Waals surface area contributed by atoms with Crippen LogP contribution in [0.1, 0.15) is 0 Å². The van der Waals surface area contributed by atoms with Crippen molar-refractivity contribution in [2.75, 3.05) is 0 Å². The zero-order valence-electron chi connectivity index (χ0n) is 4.34. The van der Waals surface area contributed by atoms with E-state index in [1.807, 2.05) is 0 Å². The first-order valence-corrected chi connectivity index (χ1v) is 4.74. The van der Waals surface area contributed by atoms with Crippen molar-refractivity contribution in [1.29, 1.82) is 10.8 Å². The van der Waals surface area contributed by atoms with E-state index in [1.54, 1.807) is 0 Å². The van der Waals surface area contributed by atoms with Gasteiger partial charge in [0.2, 0.25) is 0 Å². The molecule has 0 aromatic heterocycles. The summed E-state index contributed by atoms with van der Waals surface area (Å²) in [5.74, 6) is 0. The van der Waals surface area contributed by atoms with Crippen molar-refractivity contribution in [3.05, 3.63) is 0 Å². The van der Waals surface area contributed by atoms with Crippen molar-refractivity contribution in [3.8, 4) is 0 Å². The zero-order chi connectivity index (χ0) is 7.15. The first-order valence-electron chi connectivity index (χ1n) is 1.32. The Morgan fingerprint density at radius 3 is 0.778 bits per heavy atom. The quantitative estimate of drug-likeness (QED) is 0.313. The Hall–Kier alpha value is 2.34. The summed E-state index contributed by atoms with van der Waals surface area (Å²) in [6.07, 6.45) is 0. The zero-order valence-corrected chi connectivity index (χ0v) is 15.2. The van der Waals surface area contributed by atoms with Gasteiger partial charge in [0.25, 0.3) is 0 Å². The largest absolute Gasteiger partial charge is 0 e. The van der Waals surface area contributed by atoms with Crippen LogP contribution in [0.3, 0.4) is 0 Å². The van der Waals surface area contributed by atoms with Gasteiger partial charge >= 0.3 is 81.9 Å². The van der Waals surface area contributed by atoms with Crippen molar-refractivity contribution in [3.63, 3.8) is 0 Å². The van der Waals surface area contributed by atoms with Gasteiger partial charge in [-0.05, 0) is 0 Å². The third-order valence-electron chi connectivity index (χ3n) is 0. The second-order valence-electron chi connectivity index (χ2n) is 0.575. The molecule has 9 heavy (non-hydrogen) atoms. The summed E-state index contributed by atoms with van der Waals surface area (Å²) in [6, 6.07) is 0. The van der Waals surface area contributed by atoms with Gasteiger partial charge in [0.15, 0.2) is 0 Å². The van der Waals surface area contributed by atoms with Crippen molar-refractivity contribution < 1.29 is 27.3 Å². The molecule has 0 spiro atoms. The van der Waals surface area contributed by atoms with E-state index in [9.17, 15) is 0 Å². The fourth-order valence-corrected chi connectivity index (χ4v) is 0. The third kappa shape index (κ3) is 131. The van der Waals surface area contributed by atoms with E-state index >= 15 is 0 Å². The molecule has 7 heteroatoms. The minimum atomic E-state index is 0. The van der Waals surface area contributed by atoms with Gasteiger partial charge in [-0.25, -0.2) is 0 Å². The molecule has 2 nitrogen and oxygen atoms in total. The molecule has 0 amide bonds. The van der Waals surface area contributed by atoms with E-state index in [-0.39, 0.29) is 27.3 Å². The van der Waals surface area contributed by atoms with Gasteiger partial charge in [0.1, 0.15) is 0 Å². The summed E-state index contributed by atoms with van der Waals surface area (Å²) in [7, 11) is 0. The molecule has 46 valence electrons. The van der Waals surface area contributed by atoms with Gasteiger partial charge in [-0.15, -0.1) is 0 Å². The minimum Gasteiger partial charge on any atom is 0 e. The molecule has 0 atom stereocenters. The van der Waals surface area contributed by atoms with E-state index in [0.29, 0.717) is 7.02 Å². The van der Waals surface area contributed by atoms with Crippen molar-refractivity contribution >= 4 is 71.1 Å². The molecular formula is C2H2CdN2Se4. The number of hydrogen-bond acceptors (Lipinski definition) is 2. The molecule has 0 rings (SSSR count). The van der Waals surface area contributed by atoms with Crippen LogP contribution in [0.25, 0.3) is 0 Å². The first kappa shape index (κ1) is 17.4. The average Bonchev–Trinajstić information content (AvgIpc) is 1.25. The van der Waals surface area contributed by atoms with Gasteiger partial charge in [-0.3, -0.25) is 0 Å². The maximum Gasteiger partial charge on any atom is 0 e. The summed E-state index contributed by atoms with van der Waals surface area (Å²) in [6.45, 7) is 0. The number of nitrogens with one attached hydrogen (secondary N) is 2. The second-order valence-corrected chi connectivity index (χ2v) is 6.62. The topological polar surface area (TPSA) is 47.7 Å². The van der Waals surface area contributed by atoms with Crippen molar-refractivity contribution in [2.45, 2.75) is 0 Å². The fraction of sp³-hybridized carbons (Fsp3) is 0. The molecule has 0 fully saturated rings. The van der Waals surface area contributed by atoms with Gasteiger partial charge in [0.05, 0.1) is 0 Å². The Labute approximate surface area is 108 Å². The van der Waals surface area contributed by atoms with Crippen LogP contribution in [0.2, 0.25) is 0 Å². The van der Waals surface area contributed by atoms with Crippen molar-refractivity contribution in [1.82, 2.24) is 0 Å². The summed E-state index contributed by atoms with van der Waals surface area (Å²) in [5, 5.41) is 12.8. The van der Waals surface area contributed by atoms with Gasteiger partial charge in [-0.1, -0.05) is 0 Å². The van der Waals surface area contributed by atoms with Gasteiger partial charge < -0.3 is 0 Å². The van der Waals surface area contributed by atoms with E-state index in [4.69, 9.17) is 10.8 Å². The molecule has 0 aliphatic heterocycles.